The number of aromatic nitrogens is 2. The number of halogens is 1. The first kappa shape index (κ1) is 15.4. The molecule has 112 valence electrons. The summed E-state index contributed by atoms with van der Waals surface area (Å²) in [5.41, 5.74) is 8.98. The van der Waals surface area contributed by atoms with E-state index in [0.717, 1.165) is 15.9 Å². The maximum Gasteiger partial charge on any atom is 0.323 e. The Balaban J connectivity index is 2.38. The Morgan fingerprint density at radius 1 is 1.48 bits per heavy atom. The largest absolute Gasteiger partial charge is 0.480 e. The molecule has 0 saturated heterocycles. The van der Waals surface area contributed by atoms with E-state index in [1.54, 1.807) is 15.6 Å². The molecular weight excluding hydrogens is 336 g/mol. The van der Waals surface area contributed by atoms with Gasteiger partial charge >= 0.3 is 5.97 Å². The summed E-state index contributed by atoms with van der Waals surface area (Å²) >= 11 is 3.50. The quantitative estimate of drug-likeness (QED) is 0.805. The number of carbonyl (C=O) groups is 1. The minimum atomic E-state index is -0.909. The lowest BCUT2D eigenvalue weighted by Gasteiger charge is -2.24. The van der Waals surface area contributed by atoms with Gasteiger partial charge in [-0.15, -0.1) is 0 Å². The van der Waals surface area contributed by atoms with Gasteiger partial charge in [0.15, 0.2) is 0 Å². The van der Waals surface area contributed by atoms with Crippen LogP contribution in [-0.4, -0.2) is 27.4 Å². The maximum absolute atomic E-state index is 11.1. The molecule has 0 radical (unpaired) electrons. The third-order valence-electron chi connectivity index (χ3n) is 3.21. The summed E-state index contributed by atoms with van der Waals surface area (Å²) in [5.74, 6) is -0.909. The van der Waals surface area contributed by atoms with Crippen molar-refractivity contribution in [2.45, 2.75) is 13.5 Å². The number of rotatable bonds is 5. The zero-order valence-electron chi connectivity index (χ0n) is 11.9. The van der Waals surface area contributed by atoms with Crippen molar-refractivity contribution in [2.75, 3.05) is 17.2 Å². The second-order valence-electron chi connectivity index (χ2n) is 4.78. The van der Waals surface area contributed by atoms with Crippen LogP contribution < -0.4 is 10.6 Å². The Hall–Kier alpha value is -2.02. The van der Waals surface area contributed by atoms with Crippen LogP contribution in [0.15, 0.2) is 28.7 Å². The van der Waals surface area contributed by atoms with E-state index in [1.807, 2.05) is 32.2 Å². The molecule has 1 aromatic carbocycles. The van der Waals surface area contributed by atoms with E-state index >= 15 is 0 Å². The zero-order chi connectivity index (χ0) is 15.6. The van der Waals surface area contributed by atoms with Crippen molar-refractivity contribution in [2.24, 2.45) is 7.05 Å². The predicted molar refractivity (Wildman–Crippen MR) is 85.2 cm³/mol. The molecule has 1 aromatic heterocycles. The van der Waals surface area contributed by atoms with E-state index in [9.17, 15) is 4.79 Å². The van der Waals surface area contributed by atoms with Gasteiger partial charge in [0.05, 0.1) is 33.8 Å². The van der Waals surface area contributed by atoms with Crippen molar-refractivity contribution in [3.8, 4) is 0 Å². The summed E-state index contributed by atoms with van der Waals surface area (Å²) in [4.78, 5) is 12.9. The van der Waals surface area contributed by atoms with Crippen molar-refractivity contribution >= 4 is 33.3 Å². The number of para-hydroxylation sites is 2. The van der Waals surface area contributed by atoms with Crippen molar-refractivity contribution in [1.82, 2.24) is 9.78 Å². The zero-order valence-corrected chi connectivity index (χ0v) is 13.5. The van der Waals surface area contributed by atoms with Crippen LogP contribution >= 0.6 is 15.9 Å². The summed E-state index contributed by atoms with van der Waals surface area (Å²) in [5, 5.41) is 13.5. The highest BCUT2D eigenvalue weighted by molar-refractivity contribution is 9.10. The fourth-order valence-electron chi connectivity index (χ4n) is 2.20. The number of anilines is 2. The lowest BCUT2D eigenvalue weighted by Crippen LogP contribution is -2.30. The first-order valence-electron chi connectivity index (χ1n) is 6.39. The first-order valence-corrected chi connectivity index (χ1v) is 7.18. The second-order valence-corrected chi connectivity index (χ2v) is 5.57. The molecule has 3 N–H and O–H groups in total. The Bertz CT molecular complexity index is 669. The van der Waals surface area contributed by atoms with Crippen molar-refractivity contribution in [3.05, 3.63) is 40.1 Å². The van der Waals surface area contributed by atoms with E-state index in [2.05, 4.69) is 21.0 Å². The number of hydrogen-bond acceptors (Lipinski definition) is 4. The summed E-state index contributed by atoms with van der Waals surface area (Å²) in [6.07, 6.45) is 0. The number of aliphatic carboxylic acids is 1. The summed E-state index contributed by atoms with van der Waals surface area (Å²) in [6.45, 7) is 2.16. The van der Waals surface area contributed by atoms with Gasteiger partial charge in [-0.1, -0.05) is 12.1 Å². The molecule has 0 aliphatic rings. The fourth-order valence-corrected chi connectivity index (χ4v) is 2.66. The van der Waals surface area contributed by atoms with Gasteiger partial charge in [-0.25, -0.2) is 0 Å². The Kier molecular flexibility index (Phi) is 4.52. The average molecular weight is 353 g/mol. The normalized spacial score (nSPS) is 10.6. The van der Waals surface area contributed by atoms with E-state index < -0.39 is 5.97 Å². The highest BCUT2D eigenvalue weighted by atomic mass is 79.9. The minimum Gasteiger partial charge on any atom is -0.480 e. The van der Waals surface area contributed by atoms with Crippen molar-refractivity contribution < 1.29 is 9.90 Å². The van der Waals surface area contributed by atoms with Crippen LogP contribution in [-0.2, 0) is 18.4 Å². The molecule has 0 unspecified atom stereocenters. The number of nitrogen functional groups attached to an aromatic ring is 1. The van der Waals surface area contributed by atoms with Gasteiger partial charge in [-0.05, 0) is 35.0 Å². The molecule has 6 nitrogen and oxygen atoms in total. The van der Waals surface area contributed by atoms with E-state index in [-0.39, 0.29) is 6.54 Å². The smallest absolute Gasteiger partial charge is 0.323 e. The van der Waals surface area contributed by atoms with Crippen LogP contribution in [0.1, 0.15) is 11.4 Å². The van der Waals surface area contributed by atoms with Gasteiger partial charge in [0.1, 0.15) is 6.54 Å². The van der Waals surface area contributed by atoms with Crippen LogP contribution in [0, 0.1) is 6.92 Å². The third-order valence-corrected chi connectivity index (χ3v) is 4.24. The highest BCUT2D eigenvalue weighted by Gasteiger charge is 2.18. The molecule has 0 amide bonds. The summed E-state index contributed by atoms with van der Waals surface area (Å²) in [6, 6.07) is 7.23. The number of hydrogen-bond donors (Lipinski definition) is 2. The molecule has 0 aliphatic heterocycles. The molecule has 7 heteroatoms. The number of benzene rings is 1. The topological polar surface area (TPSA) is 84.4 Å². The lowest BCUT2D eigenvalue weighted by atomic mass is 10.2. The fraction of sp³-hybridized carbons (Fsp3) is 0.286. The van der Waals surface area contributed by atoms with Gasteiger partial charge < -0.3 is 15.7 Å². The molecule has 0 atom stereocenters. The van der Waals surface area contributed by atoms with E-state index in [1.165, 1.54) is 0 Å². The van der Waals surface area contributed by atoms with Gasteiger partial charge in [-0.3, -0.25) is 9.48 Å². The van der Waals surface area contributed by atoms with Gasteiger partial charge in [0.2, 0.25) is 0 Å². The monoisotopic (exact) mass is 352 g/mol. The van der Waals surface area contributed by atoms with Crippen molar-refractivity contribution in [1.29, 1.82) is 0 Å². The Labute approximate surface area is 131 Å². The first-order chi connectivity index (χ1) is 9.90. The predicted octanol–water partition coefficient (Wildman–Crippen LogP) is 2.16. The maximum atomic E-state index is 11.1. The van der Waals surface area contributed by atoms with Crippen LogP contribution in [0.4, 0.5) is 11.4 Å². The highest BCUT2D eigenvalue weighted by Crippen LogP contribution is 2.27. The Morgan fingerprint density at radius 3 is 2.67 bits per heavy atom. The van der Waals surface area contributed by atoms with Crippen LogP contribution in [0.25, 0.3) is 0 Å². The van der Waals surface area contributed by atoms with E-state index in [4.69, 9.17) is 10.8 Å². The van der Waals surface area contributed by atoms with E-state index in [0.29, 0.717) is 17.9 Å². The molecule has 2 aromatic rings. The molecule has 0 saturated carbocycles. The molecule has 0 bridgehead atoms. The van der Waals surface area contributed by atoms with Gasteiger partial charge in [0.25, 0.3) is 0 Å². The number of carboxylic acid groups (broad SMARTS) is 1. The molecular formula is C14H17BrN4O2. The second kappa shape index (κ2) is 6.17. The Morgan fingerprint density at radius 2 is 2.14 bits per heavy atom. The third kappa shape index (κ3) is 3.36. The molecule has 2 rings (SSSR count). The number of carboxylic acids is 1. The summed E-state index contributed by atoms with van der Waals surface area (Å²) in [7, 11) is 1.83. The van der Waals surface area contributed by atoms with Crippen LogP contribution in [0.2, 0.25) is 0 Å². The lowest BCUT2D eigenvalue weighted by molar-refractivity contribution is -0.135. The minimum absolute atomic E-state index is 0.134. The van der Waals surface area contributed by atoms with Gasteiger partial charge in [-0.2, -0.15) is 5.10 Å². The van der Waals surface area contributed by atoms with Crippen molar-refractivity contribution in [3.63, 3.8) is 0 Å². The van der Waals surface area contributed by atoms with Crippen LogP contribution in [0.3, 0.4) is 0 Å². The molecule has 21 heavy (non-hydrogen) atoms. The van der Waals surface area contributed by atoms with Crippen LogP contribution in [0.5, 0.6) is 0 Å². The number of aryl methyl sites for hydroxylation is 2. The summed E-state index contributed by atoms with van der Waals surface area (Å²) < 4.78 is 2.63. The molecule has 0 fully saturated rings. The SMILES string of the molecule is Cc1nn(C)c(CN(CC(=O)O)c2ccccc2N)c1Br. The molecule has 1 heterocycles. The van der Waals surface area contributed by atoms with Gasteiger partial charge in [0, 0.05) is 7.05 Å². The molecule has 0 spiro atoms. The standard InChI is InChI=1S/C14H17BrN4O2/c1-9-14(15)12(18(2)17-9)7-19(8-13(20)21)11-6-4-3-5-10(11)16/h3-6H,7-8,16H2,1-2H3,(H,20,21). The average Bonchev–Trinajstić information content (AvgIpc) is 2.64. The number of nitrogens with two attached hydrogens (primary N) is 1. The number of nitrogens with zero attached hydrogens (tertiary/aromatic N) is 3. The molecule has 0 aliphatic carbocycles.